The average Bonchev–Trinajstić information content (AvgIpc) is 3.06. The second-order valence-corrected chi connectivity index (χ2v) is 10.6. The number of hydrogen-bond donors (Lipinski definition) is 6. The van der Waals surface area contributed by atoms with Gasteiger partial charge in [0.1, 0.15) is 24.9 Å². The number of aromatic nitrogens is 2. The molecule has 20 nitrogen and oxygen atoms in total. The van der Waals surface area contributed by atoms with Gasteiger partial charge in [0.2, 0.25) is 0 Å². The average molecular weight is 561 g/mol. The molecule has 35 heavy (non-hydrogen) atoms. The Bertz CT molecular complexity index is 1250. The van der Waals surface area contributed by atoms with Crippen LogP contribution in [-0.2, 0) is 36.3 Å². The van der Waals surface area contributed by atoms with E-state index >= 15 is 0 Å². The molecular weight excluding hydrogens is 543 g/mol. The zero-order valence-corrected chi connectivity index (χ0v) is 19.8. The quantitative estimate of drug-likeness (QED) is 0.0681. The topological polar surface area (TPSA) is 314 Å². The molecule has 194 valence electrons. The summed E-state index contributed by atoms with van der Waals surface area (Å²) in [5, 5.41) is 3.11. The summed E-state index contributed by atoms with van der Waals surface area (Å²) in [5.74, 6) is 4.86. The second-order valence-electron chi connectivity index (χ2n) is 6.19. The molecule has 2 rings (SSSR count). The highest BCUT2D eigenvalue weighted by atomic mass is 31.3. The Labute approximate surface area is 194 Å². The third-order valence-corrected chi connectivity index (χ3v) is 7.51. The van der Waals surface area contributed by atoms with Gasteiger partial charge in [0, 0.05) is 17.5 Å². The molecule has 5 atom stereocenters. The van der Waals surface area contributed by atoms with E-state index < -0.39 is 54.5 Å². The SMILES string of the molecule is [N-]=[N+]=NCO[C@H]1C[C@@H](n2cc(C#CCN)c(N)nc2=O)O[C@H]1OP(=O)(O)OP(=O)(O)OP(=O)(O)O. The minimum absolute atomic E-state index is 0.0318. The van der Waals surface area contributed by atoms with Crippen LogP contribution >= 0.6 is 23.5 Å². The summed E-state index contributed by atoms with van der Waals surface area (Å²) >= 11 is 0. The van der Waals surface area contributed by atoms with Crippen LogP contribution in [0.2, 0.25) is 0 Å². The first-order valence-electron chi connectivity index (χ1n) is 8.84. The molecule has 23 heteroatoms. The van der Waals surface area contributed by atoms with E-state index in [4.69, 9.17) is 36.3 Å². The Hall–Kier alpha value is -2.16. The fourth-order valence-corrected chi connectivity index (χ4v) is 5.65. The fourth-order valence-electron chi connectivity index (χ4n) is 2.54. The van der Waals surface area contributed by atoms with Crippen LogP contribution in [-0.4, -0.2) is 54.8 Å². The zero-order valence-electron chi connectivity index (χ0n) is 17.1. The van der Waals surface area contributed by atoms with E-state index in [1.54, 1.807) is 0 Å². The molecule has 0 amide bonds. The molecule has 1 aliphatic heterocycles. The van der Waals surface area contributed by atoms with Crippen molar-refractivity contribution in [2.45, 2.75) is 25.0 Å². The summed E-state index contributed by atoms with van der Waals surface area (Å²) in [6.07, 6.45) is -3.71. The van der Waals surface area contributed by atoms with Gasteiger partial charge in [-0.15, -0.1) is 0 Å². The molecule has 0 bridgehead atoms. The highest BCUT2D eigenvalue weighted by molar-refractivity contribution is 7.66. The van der Waals surface area contributed by atoms with Gasteiger partial charge in [0.25, 0.3) is 0 Å². The van der Waals surface area contributed by atoms with E-state index in [9.17, 15) is 28.3 Å². The van der Waals surface area contributed by atoms with Crippen LogP contribution in [0.5, 0.6) is 0 Å². The summed E-state index contributed by atoms with van der Waals surface area (Å²) in [7, 11) is -17.1. The predicted molar refractivity (Wildman–Crippen MR) is 111 cm³/mol. The summed E-state index contributed by atoms with van der Waals surface area (Å²) in [5.41, 5.74) is 18.5. The van der Waals surface area contributed by atoms with Crippen molar-refractivity contribution in [3.8, 4) is 11.8 Å². The lowest BCUT2D eigenvalue weighted by Gasteiger charge is -2.22. The standard InChI is InChI=1S/C12H18N7O13P3/c13-3-1-2-7-5-19(12(20)17-10(7)14)9-4-8(28-6-16-18-15)11(29-9)30-34(24,25)32-35(26,27)31-33(21,22)23/h5,8-9,11H,3-4,6,13H2,(H,24,25)(H,26,27)(H2,14,17,20)(H2,21,22,23)/t8-,9-,11-/m0/s1. The van der Waals surface area contributed by atoms with Crippen LogP contribution in [0.1, 0.15) is 18.2 Å². The van der Waals surface area contributed by atoms with Gasteiger partial charge in [-0.25, -0.2) is 18.5 Å². The van der Waals surface area contributed by atoms with Crippen molar-refractivity contribution in [2.75, 3.05) is 19.0 Å². The second kappa shape index (κ2) is 11.7. The molecule has 0 aliphatic carbocycles. The Morgan fingerprint density at radius 2 is 1.97 bits per heavy atom. The number of nitrogens with zero attached hydrogens (tertiary/aromatic N) is 5. The summed E-state index contributed by atoms with van der Waals surface area (Å²) in [6.45, 7) is -0.661. The van der Waals surface area contributed by atoms with E-state index in [0.717, 1.165) is 10.8 Å². The number of anilines is 1. The van der Waals surface area contributed by atoms with Crippen molar-refractivity contribution >= 4 is 29.3 Å². The number of phosphoric ester groups is 1. The number of rotatable bonds is 10. The number of phosphoric acid groups is 3. The van der Waals surface area contributed by atoms with Crippen molar-refractivity contribution in [3.63, 3.8) is 0 Å². The number of ether oxygens (including phenoxy) is 2. The van der Waals surface area contributed by atoms with Gasteiger partial charge in [-0.2, -0.15) is 13.6 Å². The van der Waals surface area contributed by atoms with Crippen LogP contribution in [0, 0.1) is 11.8 Å². The molecule has 1 aromatic rings. The van der Waals surface area contributed by atoms with Crippen LogP contribution in [0.25, 0.3) is 10.4 Å². The zero-order chi connectivity index (χ0) is 26.4. The Morgan fingerprint density at radius 3 is 2.57 bits per heavy atom. The molecule has 0 aromatic carbocycles. The number of hydrogen-bond acceptors (Lipinski definition) is 13. The number of azide groups is 1. The van der Waals surface area contributed by atoms with Crippen molar-refractivity contribution in [1.29, 1.82) is 0 Å². The predicted octanol–water partition coefficient (Wildman–Crippen LogP) is -0.623. The van der Waals surface area contributed by atoms with E-state index in [1.165, 1.54) is 0 Å². The van der Waals surface area contributed by atoms with Crippen molar-refractivity contribution in [3.05, 3.63) is 32.7 Å². The van der Waals surface area contributed by atoms with Gasteiger partial charge in [-0.05, 0) is 5.53 Å². The lowest BCUT2D eigenvalue weighted by atomic mass is 10.2. The van der Waals surface area contributed by atoms with Gasteiger partial charge in [-0.1, -0.05) is 17.0 Å². The van der Waals surface area contributed by atoms with Gasteiger partial charge < -0.3 is 40.5 Å². The first-order chi connectivity index (χ1) is 16.2. The van der Waals surface area contributed by atoms with Crippen LogP contribution < -0.4 is 17.2 Å². The fraction of sp³-hybridized carbons (Fsp3) is 0.500. The summed E-state index contributed by atoms with van der Waals surface area (Å²) in [6, 6.07) is 0. The highest BCUT2D eigenvalue weighted by Gasteiger charge is 2.47. The molecule has 2 unspecified atom stereocenters. The van der Waals surface area contributed by atoms with E-state index in [2.05, 4.69) is 40.0 Å². The van der Waals surface area contributed by atoms with Crippen LogP contribution in [0.15, 0.2) is 16.1 Å². The van der Waals surface area contributed by atoms with E-state index in [1.807, 2.05) is 0 Å². The highest BCUT2D eigenvalue weighted by Crippen LogP contribution is 2.67. The lowest BCUT2D eigenvalue weighted by molar-refractivity contribution is -0.145. The summed E-state index contributed by atoms with van der Waals surface area (Å²) in [4.78, 5) is 54.6. The maximum atomic E-state index is 12.3. The Morgan fingerprint density at radius 1 is 1.29 bits per heavy atom. The number of nitrogens with two attached hydrogens (primary N) is 2. The van der Waals surface area contributed by atoms with Crippen LogP contribution in [0.4, 0.5) is 5.82 Å². The van der Waals surface area contributed by atoms with E-state index in [0.29, 0.717) is 0 Å². The maximum Gasteiger partial charge on any atom is 0.490 e. The first kappa shape index (κ1) is 29.1. The van der Waals surface area contributed by atoms with E-state index in [-0.39, 0.29) is 24.3 Å². The van der Waals surface area contributed by atoms with Gasteiger partial charge in [-0.3, -0.25) is 9.09 Å². The molecule has 0 saturated carbocycles. The smallest absolute Gasteiger partial charge is 0.382 e. The molecule has 2 heterocycles. The molecular formula is C12H18N7O13P3. The first-order valence-corrected chi connectivity index (χ1v) is 13.4. The monoisotopic (exact) mass is 561 g/mol. The normalized spacial score (nSPS) is 23.4. The third-order valence-electron chi connectivity index (χ3n) is 3.71. The Balaban J connectivity index is 2.31. The van der Waals surface area contributed by atoms with Crippen molar-refractivity contribution < 1.29 is 55.9 Å². The molecule has 1 saturated heterocycles. The largest absolute Gasteiger partial charge is 0.490 e. The van der Waals surface area contributed by atoms with Crippen LogP contribution in [0.3, 0.4) is 0 Å². The van der Waals surface area contributed by atoms with Crippen molar-refractivity contribution in [2.24, 2.45) is 10.8 Å². The maximum absolute atomic E-state index is 12.3. The molecule has 0 spiro atoms. The Kier molecular flexibility index (Phi) is 9.73. The van der Waals surface area contributed by atoms with Gasteiger partial charge in [0.05, 0.1) is 12.1 Å². The third kappa shape index (κ3) is 9.09. The lowest BCUT2D eigenvalue weighted by Crippen LogP contribution is -2.28. The molecule has 1 fully saturated rings. The molecule has 1 aliphatic rings. The van der Waals surface area contributed by atoms with Gasteiger partial charge >= 0.3 is 29.2 Å². The minimum Gasteiger partial charge on any atom is -0.382 e. The minimum atomic E-state index is -5.81. The molecule has 1 aromatic heterocycles. The summed E-state index contributed by atoms with van der Waals surface area (Å²) < 4.78 is 57.8. The van der Waals surface area contributed by atoms with Gasteiger partial charge in [0.15, 0.2) is 6.29 Å². The molecule has 0 radical (unpaired) electrons. The van der Waals surface area contributed by atoms with Crippen molar-refractivity contribution in [1.82, 2.24) is 9.55 Å². The number of nitrogen functional groups attached to an aromatic ring is 1. The molecule has 8 N–H and O–H groups in total.